The summed E-state index contributed by atoms with van der Waals surface area (Å²) in [5.41, 5.74) is 3.94. The van der Waals surface area contributed by atoms with Crippen LogP contribution >= 0.6 is 0 Å². The van der Waals surface area contributed by atoms with E-state index in [1.54, 1.807) is 16.6 Å². The molecule has 0 aliphatic rings. The van der Waals surface area contributed by atoms with E-state index >= 15 is 0 Å². The summed E-state index contributed by atoms with van der Waals surface area (Å²) in [4.78, 5) is 32.8. The van der Waals surface area contributed by atoms with Crippen LogP contribution in [0.3, 0.4) is 0 Å². The second-order valence-corrected chi connectivity index (χ2v) is 6.44. The Hall–Kier alpha value is -3.09. The number of esters is 1. The first kappa shape index (κ1) is 18.7. The minimum Gasteiger partial charge on any atom is -0.457 e. The average Bonchev–Trinajstić information content (AvgIpc) is 3.12. The average molecular weight is 366 g/mol. The van der Waals surface area contributed by atoms with Gasteiger partial charge in [0, 0.05) is 22.5 Å². The zero-order valence-electron chi connectivity index (χ0n) is 15.7. The van der Waals surface area contributed by atoms with Crippen LogP contribution < -0.4 is 0 Å². The van der Waals surface area contributed by atoms with Crippen molar-refractivity contribution in [1.82, 2.24) is 19.6 Å². The third-order valence-electron chi connectivity index (χ3n) is 4.49. The molecule has 2 aromatic heterocycles. The van der Waals surface area contributed by atoms with Crippen LogP contribution in [0.15, 0.2) is 30.6 Å². The van der Waals surface area contributed by atoms with Gasteiger partial charge in [0.2, 0.25) is 0 Å². The number of aryl methyl sites for hydroxylation is 3. The summed E-state index contributed by atoms with van der Waals surface area (Å²) in [6.45, 7) is 5.50. The molecule has 0 fully saturated rings. The summed E-state index contributed by atoms with van der Waals surface area (Å²) in [5.74, 6) is -0.202. The maximum Gasteiger partial charge on any atom is 0.310 e. The topological polar surface area (TPSA) is 86.5 Å². The number of fused-ring (bicyclic) bond motifs is 1. The van der Waals surface area contributed by atoms with Crippen molar-refractivity contribution in [2.45, 2.75) is 40.0 Å². The van der Waals surface area contributed by atoms with Crippen LogP contribution in [0, 0.1) is 13.8 Å². The second kappa shape index (κ2) is 8.07. The maximum atomic E-state index is 12.2. The summed E-state index contributed by atoms with van der Waals surface area (Å²) < 4.78 is 6.76. The van der Waals surface area contributed by atoms with Crippen molar-refractivity contribution >= 4 is 17.5 Å². The number of nitrogens with zero attached hydrogens (tertiary/aromatic N) is 4. The van der Waals surface area contributed by atoms with Gasteiger partial charge in [-0.3, -0.25) is 9.59 Å². The van der Waals surface area contributed by atoms with Crippen molar-refractivity contribution in [3.63, 3.8) is 0 Å². The smallest absolute Gasteiger partial charge is 0.310 e. The monoisotopic (exact) mass is 366 g/mol. The van der Waals surface area contributed by atoms with Crippen molar-refractivity contribution < 1.29 is 14.3 Å². The number of carbonyl (C=O) groups is 2. The third kappa shape index (κ3) is 4.19. The van der Waals surface area contributed by atoms with Crippen LogP contribution in [0.2, 0.25) is 0 Å². The molecule has 7 nitrogen and oxygen atoms in total. The summed E-state index contributed by atoms with van der Waals surface area (Å²) in [5, 5.41) is 4.10. The first-order valence-corrected chi connectivity index (χ1v) is 8.93. The molecule has 0 bridgehead atoms. The molecular formula is C20H22N4O3. The van der Waals surface area contributed by atoms with Crippen LogP contribution in [-0.4, -0.2) is 37.9 Å². The fraction of sp³-hybridized carbons (Fsp3) is 0.350. The molecule has 0 aliphatic carbocycles. The van der Waals surface area contributed by atoms with Crippen molar-refractivity contribution in [2.75, 3.05) is 6.61 Å². The Bertz CT molecular complexity index is 977. The predicted octanol–water partition coefficient (Wildman–Crippen LogP) is 2.66. The molecule has 0 atom stereocenters. The van der Waals surface area contributed by atoms with E-state index in [2.05, 4.69) is 22.0 Å². The Kier molecular flexibility index (Phi) is 5.59. The van der Waals surface area contributed by atoms with Gasteiger partial charge in [-0.25, -0.2) is 9.50 Å². The van der Waals surface area contributed by atoms with Gasteiger partial charge in [0.25, 0.3) is 5.78 Å². The Labute approximate surface area is 157 Å². The SMILES string of the molecule is CCCc1ccc(C(=O)COC(=O)Cc2c(C)nc3ncnn3c2C)cc1. The van der Waals surface area contributed by atoms with Crippen LogP contribution in [0.5, 0.6) is 0 Å². The minimum absolute atomic E-state index is 0.0309. The molecule has 140 valence electrons. The zero-order chi connectivity index (χ0) is 19.4. The number of ketones is 1. The summed E-state index contributed by atoms with van der Waals surface area (Å²) >= 11 is 0. The second-order valence-electron chi connectivity index (χ2n) is 6.44. The van der Waals surface area contributed by atoms with Crippen molar-refractivity contribution in [3.8, 4) is 0 Å². The maximum absolute atomic E-state index is 12.2. The van der Waals surface area contributed by atoms with Gasteiger partial charge in [-0.15, -0.1) is 0 Å². The number of benzene rings is 1. The normalized spacial score (nSPS) is 10.9. The van der Waals surface area contributed by atoms with Crippen LogP contribution in [0.25, 0.3) is 5.78 Å². The molecule has 27 heavy (non-hydrogen) atoms. The molecule has 0 saturated carbocycles. The Balaban J connectivity index is 1.62. The van der Waals surface area contributed by atoms with Gasteiger partial charge in [-0.1, -0.05) is 37.6 Å². The number of aromatic nitrogens is 4. The Morgan fingerprint density at radius 2 is 1.89 bits per heavy atom. The van der Waals surface area contributed by atoms with Crippen molar-refractivity contribution in [1.29, 1.82) is 0 Å². The summed E-state index contributed by atoms with van der Waals surface area (Å²) in [6.07, 6.45) is 3.48. The molecule has 1 aromatic carbocycles. The lowest BCUT2D eigenvalue weighted by Crippen LogP contribution is -2.18. The van der Waals surface area contributed by atoms with E-state index in [1.165, 1.54) is 11.9 Å². The van der Waals surface area contributed by atoms with Gasteiger partial charge >= 0.3 is 5.97 Å². The third-order valence-corrected chi connectivity index (χ3v) is 4.49. The lowest BCUT2D eigenvalue weighted by molar-refractivity contribution is -0.141. The van der Waals surface area contributed by atoms with E-state index in [1.807, 2.05) is 26.0 Å². The fourth-order valence-corrected chi connectivity index (χ4v) is 2.98. The van der Waals surface area contributed by atoms with Gasteiger partial charge in [0.05, 0.1) is 6.42 Å². The number of hydrogen-bond acceptors (Lipinski definition) is 6. The quantitative estimate of drug-likeness (QED) is 0.472. The first-order valence-electron chi connectivity index (χ1n) is 8.93. The molecule has 0 aliphatic heterocycles. The van der Waals surface area contributed by atoms with Crippen molar-refractivity contribution in [2.24, 2.45) is 0 Å². The minimum atomic E-state index is -0.474. The van der Waals surface area contributed by atoms with E-state index in [-0.39, 0.29) is 18.8 Å². The first-order chi connectivity index (χ1) is 13.0. The molecular weight excluding hydrogens is 344 g/mol. The highest BCUT2D eigenvalue weighted by atomic mass is 16.5. The number of ether oxygens (including phenoxy) is 1. The fourth-order valence-electron chi connectivity index (χ4n) is 2.98. The largest absolute Gasteiger partial charge is 0.457 e. The van der Waals surface area contributed by atoms with Crippen molar-refractivity contribution in [3.05, 3.63) is 58.7 Å². The molecule has 0 spiro atoms. The number of carbonyl (C=O) groups excluding carboxylic acids is 2. The summed E-state index contributed by atoms with van der Waals surface area (Å²) in [7, 11) is 0. The van der Waals surface area contributed by atoms with Gasteiger partial charge < -0.3 is 4.74 Å². The highest BCUT2D eigenvalue weighted by molar-refractivity contribution is 5.98. The lowest BCUT2D eigenvalue weighted by Gasteiger charge is -2.10. The number of rotatable bonds is 7. The van der Waals surface area contributed by atoms with Crippen LogP contribution in [0.4, 0.5) is 0 Å². The van der Waals surface area contributed by atoms with Gasteiger partial charge in [-0.2, -0.15) is 10.1 Å². The number of hydrogen-bond donors (Lipinski definition) is 0. The highest BCUT2D eigenvalue weighted by Gasteiger charge is 2.16. The molecule has 0 unspecified atom stereocenters. The van der Waals surface area contributed by atoms with Gasteiger partial charge in [0.15, 0.2) is 12.4 Å². The van der Waals surface area contributed by atoms with E-state index in [9.17, 15) is 9.59 Å². The Morgan fingerprint density at radius 1 is 1.15 bits per heavy atom. The predicted molar refractivity (Wildman–Crippen MR) is 99.7 cm³/mol. The molecule has 0 saturated heterocycles. The van der Waals surface area contributed by atoms with Crippen LogP contribution in [-0.2, 0) is 22.4 Å². The van der Waals surface area contributed by atoms with E-state index in [0.29, 0.717) is 17.0 Å². The van der Waals surface area contributed by atoms with Gasteiger partial charge in [-0.05, 0) is 25.8 Å². The Morgan fingerprint density at radius 3 is 2.59 bits per heavy atom. The molecule has 0 radical (unpaired) electrons. The molecule has 0 amide bonds. The molecule has 7 heteroatoms. The van der Waals surface area contributed by atoms with Crippen LogP contribution in [0.1, 0.15) is 46.2 Å². The standard InChI is InChI=1S/C20H22N4O3/c1-4-5-15-6-8-16(9-7-15)18(25)11-27-19(26)10-17-13(2)23-20-21-12-22-24(20)14(17)3/h6-9,12H,4-5,10-11H2,1-3H3. The molecule has 2 heterocycles. The number of Topliss-reactive ketones (excluding diaryl/α,β-unsaturated/α-hetero) is 1. The van der Waals surface area contributed by atoms with Gasteiger partial charge in [0.1, 0.15) is 6.33 Å². The molecule has 3 rings (SSSR count). The highest BCUT2D eigenvalue weighted by Crippen LogP contribution is 2.14. The summed E-state index contributed by atoms with van der Waals surface area (Å²) in [6, 6.07) is 7.42. The van der Waals surface area contributed by atoms with E-state index in [0.717, 1.165) is 24.1 Å². The zero-order valence-corrected chi connectivity index (χ0v) is 15.7. The molecule has 3 aromatic rings. The van der Waals surface area contributed by atoms with E-state index < -0.39 is 5.97 Å². The van der Waals surface area contributed by atoms with E-state index in [4.69, 9.17) is 4.74 Å². The lowest BCUT2D eigenvalue weighted by atomic mass is 10.1. The molecule has 0 N–H and O–H groups in total.